The zero-order valence-electron chi connectivity index (χ0n) is 9.21. The second-order valence-corrected chi connectivity index (χ2v) is 5.95. The van der Waals surface area contributed by atoms with E-state index in [1.54, 1.807) is 17.4 Å². The van der Waals surface area contributed by atoms with Gasteiger partial charge in [0.1, 0.15) is 5.82 Å². The number of benzene rings is 1. The lowest BCUT2D eigenvalue weighted by atomic mass is 10.1. The van der Waals surface area contributed by atoms with E-state index in [9.17, 15) is 4.39 Å². The molecule has 0 saturated carbocycles. The Kier molecular flexibility index (Phi) is 3.93. The Morgan fingerprint density at radius 3 is 2.65 bits per heavy atom. The molecule has 1 unspecified atom stereocenters. The Labute approximate surface area is 112 Å². The Morgan fingerprint density at radius 1 is 1.35 bits per heavy atom. The summed E-state index contributed by atoms with van der Waals surface area (Å²) < 4.78 is 14.6. The van der Waals surface area contributed by atoms with Gasteiger partial charge in [0, 0.05) is 19.8 Å². The zero-order valence-corrected chi connectivity index (χ0v) is 11.6. The first-order valence-corrected chi connectivity index (χ1v) is 6.70. The Bertz CT molecular complexity index is 527. The fourth-order valence-corrected chi connectivity index (χ4v) is 2.96. The second-order valence-electron chi connectivity index (χ2n) is 3.71. The maximum atomic E-state index is 13.9. The molecule has 0 spiro atoms. The molecule has 1 aromatic heterocycles. The number of aryl methyl sites for hydroxylation is 1. The molecule has 2 aromatic rings. The van der Waals surface area contributed by atoms with Gasteiger partial charge in [-0.25, -0.2) is 9.82 Å². The third-order valence-corrected chi connectivity index (χ3v) is 4.04. The number of hydrogen-bond acceptors (Lipinski definition) is 3. The molecule has 0 amide bonds. The first-order chi connectivity index (χ1) is 8.11. The molecule has 3 N–H and O–H groups in total. The van der Waals surface area contributed by atoms with Crippen molar-refractivity contribution in [3.8, 4) is 0 Å². The molecule has 0 aliphatic heterocycles. The fraction of sp³-hybridized carbons (Fsp3) is 0.167. The van der Waals surface area contributed by atoms with E-state index < -0.39 is 0 Å². The van der Waals surface area contributed by atoms with E-state index in [0.717, 1.165) is 9.35 Å². The number of hydrazine groups is 1. The van der Waals surface area contributed by atoms with Gasteiger partial charge in [-0.05, 0) is 31.2 Å². The third kappa shape index (κ3) is 2.74. The molecular formula is C12H12BrFN2S. The van der Waals surface area contributed by atoms with Gasteiger partial charge in [-0.2, -0.15) is 0 Å². The molecule has 0 fully saturated rings. The summed E-state index contributed by atoms with van der Waals surface area (Å²) in [4.78, 5) is 2.18. The average molecular weight is 315 g/mol. The van der Waals surface area contributed by atoms with Crippen LogP contribution >= 0.6 is 27.3 Å². The zero-order chi connectivity index (χ0) is 12.4. The van der Waals surface area contributed by atoms with E-state index in [1.165, 1.54) is 10.9 Å². The van der Waals surface area contributed by atoms with Gasteiger partial charge >= 0.3 is 0 Å². The summed E-state index contributed by atoms with van der Waals surface area (Å²) in [5.74, 6) is 5.26. The number of nitrogens with one attached hydrogen (secondary N) is 1. The van der Waals surface area contributed by atoms with Crippen LogP contribution in [-0.2, 0) is 0 Å². The number of halogens is 2. The van der Waals surface area contributed by atoms with Crippen molar-refractivity contribution in [2.75, 3.05) is 0 Å². The molecule has 1 atom stereocenters. The second kappa shape index (κ2) is 5.27. The van der Waals surface area contributed by atoms with Crippen molar-refractivity contribution in [1.29, 1.82) is 0 Å². The van der Waals surface area contributed by atoms with Crippen LogP contribution in [0.5, 0.6) is 0 Å². The minimum atomic E-state index is -0.304. The summed E-state index contributed by atoms with van der Waals surface area (Å²) in [6.07, 6.45) is 0. The van der Waals surface area contributed by atoms with E-state index >= 15 is 0 Å². The van der Waals surface area contributed by atoms with Crippen LogP contribution in [0.15, 0.2) is 34.8 Å². The summed E-state index contributed by atoms with van der Waals surface area (Å²) in [5, 5.41) is 0. The van der Waals surface area contributed by atoms with Gasteiger partial charge in [-0.15, -0.1) is 11.3 Å². The van der Waals surface area contributed by atoms with Crippen LogP contribution in [0.4, 0.5) is 4.39 Å². The lowest BCUT2D eigenvalue weighted by Gasteiger charge is -2.15. The molecule has 0 radical (unpaired) electrons. The minimum absolute atomic E-state index is 0.270. The highest BCUT2D eigenvalue weighted by Gasteiger charge is 2.18. The van der Waals surface area contributed by atoms with E-state index in [2.05, 4.69) is 21.4 Å². The highest BCUT2D eigenvalue weighted by atomic mass is 79.9. The molecule has 2 rings (SSSR count). The molecule has 0 saturated heterocycles. The number of nitrogens with two attached hydrogens (primary N) is 1. The van der Waals surface area contributed by atoms with Gasteiger partial charge in [0.15, 0.2) is 0 Å². The number of rotatable bonds is 3. The molecule has 1 heterocycles. The Balaban J connectivity index is 2.42. The van der Waals surface area contributed by atoms with Crippen molar-refractivity contribution in [2.24, 2.45) is 5.84 Å². The highest BCUT2D eigenvalue weighted by Crippen LogP contribution is 2.30. The van der Waals surface area contributed by atoms with Gasteiger partial charge < -0.3 is 0 Å². The Hall–Kier alpha value is -0.750. The molecule has 5 heteroatoms. The summed E-state index contributed by atoms with van der Waals surface area (Å²) >= 11 is 4.85. The van der Waals surface area contributed by atoms with Crippen LogP contribution in [0.25, 0.3) is 0 Å². The predicted molar refractivity (Wildman–Crippen MR) is 72.3 cm³/mol. The standard InChI is InChI=1S/C12H12BrFN2S/c1-7-2-5-11(17-7)12(16-15)9-4-3-8(13)6-10(9)14/h2-6,12,16H,15H2,1H3. The van der Waals surface area contributed by atoms with Crippen LogP contribution < -0.4 is 11.3 Å². The first kappa shape index (κ1) is 12.7. The van der Waals surface area contributed by atoms with Gasteiger partial charge in [0.25, 0.3) is 0 Å². The number of hydrogen-bond donors (Lipinski definition) is 2. The molecule has 0 aliphatic rings. The lowest BCUT2D eigenvalue weighted by molar-refractivity contribution is 0.563. The molecule has 2 nitrogen and oxygen atoms in total. The van der Waals surface area contributed by atoms with Crippen LogP contribution in [0.2, 0.25) is 0 Å². The third-order valence-electron chi connectivity index (χ3n) is 2.49. The monoisotopic (exact) mass is 314 g/mol. The van der Waals surface area contributed by atoms with Crippen molar-refractivity contribution in [2.45, 2.75) is 13.0 Å². The van der Waals surface area contributed by atoms with Crippen LogP contribution in [-0.4, -0.2) is 0 Å². The largest absolute Gasteiger partial charge is 0.271 e. The highest BCUT2D eigenvalue weighted by molar-refractivity contribution is 9.10. The van der Waals surface area contributed by atoms with Gasteiger partial charge in [0.2, 0.25) is 0 Å². The molecule has 17 heavy (non-hydrogen) atoms. The molecule has 1 aromatic carbocycles. The lowest BCUT2D eigenvalue weighted by Crippen LogP contribution is -2.28. The Morgan fingerprint density at radius 2 is 2.12 bits per heavy atom. The maximum Gasteiger partial charge on any atom is 0.129 e. The van der Waals surface area contributed by atoms with Crippen LogP contribution in [0.3, 0.4) is 0 Å². The fourth-order valence-electron chi connectivity index (χ4n) is 1.67. The minimum Gasteiger partial charge on any atom is -0.271 e. The quantitative estimate of drug-likeness (QED) is 0.672. The molecule has 0 aliphatic carbocycles. The topological polar surface area (TPSA) is 38.0 Å². The van der Waals surface area contributed by atoms with Crippen molar-refractivity contribution in [1.82, 2.24) is 5.43 Å². The van der Waals surface area contributed by atoms with Gasteiger partial charge in [-0.1, -0.05) is 22.0 Å². The summed E-state index contributed by atoms with van der Waals surface area (Å²) in [5.41, 5.74) is 3.22. The molecule has 90 valence electrons. The van der Waals surface area contributed by atoms with Crippen LogP contribution in [0.1, 0.15) is 21.4 Å². The number of thiophene rings is 1. The summed E-state index contributed by atoms with van der Waals surface area (Å²) in [6, 6.07) is 8.65. The van der Waals surface area contributed by atoms with Crippen molar-refractivity contribution < 1.29 is 4.39 Å². The van der Waals surface area contributed by atoms with Gasteiger partial charge in [-0.3, -0.25) is 5.84 Å². The normalized spacial score (nSPS) is 12.7. The summed E-state index contributed by atoms with van der Waals surface area (Å²) in [7, 11) is 0. The SMILES string of the molecule is Cc1ccc(C(NN)c2ccc(Br)cc2F)s1. The van der Waals surface area contributed by atoms with Crippen molar-refractivity contribution in [3.05, 3.63) is 55.9 Å². The van der Waals surface area contributed by atoms with Crippen molar-refractivity contribution >= 4 is 27.3 Å². The average Bonchev–Trinajstić information content (AvgIpc) is 2.69. The van der Waals surface area contributed by atoms with Crippen LogP contribution in [0, 0.1) is 12.7 Å². The van der Waals surface area contributed by atoms with Gasteiger partial charge in [0.05, 0.1) is 6.04 Å². The van der Waals surface area contributed by atoms with E-state index in [1.807, 2.05) is 25.1 Å². The van der Waals surface area contributed by atoms with E-state index in [0.29, 0.717) is 5.56 Å². The first-order valence-electron chi connectivity index (χ1n) is 5.09. The predicted octanol–water partition coefficient (Wildman–Crippen LogP) is 3.51. The molecule has 0 bridgehead atoms. The maximum absolute atomic E-state index is 13.9. The van der Waals surface area contributed by atoms with E-state index in [4.69, 9.17) is 5.84 Å². The van der Waals surface area contributed by atoms with E-state index in [-0.39, 0.29) is 11.9 Å². The summed E-state index contributed by atoms with van der Waals surface area (Å²) in [6.45, 7) is 2.01. The van der Waals surface area contributed by atoms with Crippen molar-refractivity contribution in [3.63, 3.8) is 0 Å². The molecular weight excluding hydrogens is 303 g/mol. The smallest absolute Gasteiger partial charge is 0.129 e.